The van der Waals surface area contributed by atoms with Crippen molar-refractivity contribution in [1.82, 2.24) is 4.57 Å². The number of para-hydroxylation sites is 1. The van der Waals surface area contributed by atoms with Gasteiger partial charge in [0.2, 0.25) is 0 Å². The predicted octanol–water partition coefficient (Wildman–Crippen LogP) is 3.22. The van der Waals surface area contributed by atoms with Crippen LogP contribution in [0.15, 0.2) is 59.3 Å². The van der Waals surface area contributed by atoms with Crippen LogP contribution in [0.25, 0.3) is 0 Å². The maximum Gasteiger partial charge on any atom is 0.310 e. The van der Waals surface area contributed by atoms with Crippen LogP contribution in [0.4, 0.5) is 0 Å². The maximum atomic E-state index is 12.5. The average Bonchev–Trinajstić information content (AvgIpc) is 3.03. The van der Waals surface area contributed by atoms with Crippen molar-refractivity contribution in [3.05, 3.63) is 81.8 Å². The Balaban J connectivity index is 0.00000361. The van der Waals surface area contributed by atoms with Gasteiger partial charge in [-0.3, -0.25) is 4.79 Å². The number of hydrogen-bond acceptors (Lipinski definition) is 3. The molecular weight excluding hydrogens is 584 g/mol. The molecule has 1 saturated carbocycles. The lowest BCUT2D eigenvalue weighted by Gasteiger charge is -2.18. The van der Waals surface area contributed by atoms with Crippen molar-refractivity contribution < 1.29 is 36.2 Å². The number of phenols is 1. The lowest BCUT2D eigenvalue weighted by molar-refractivity contribution is -0.694. The van der Waals surface area contributed by atoms with E-state index < -0.39 is 0 Å². The van der Waals surface area contributed by atoms with Gasteiger partial charge >= 0.3 is 5.97 Å². The Bertz CT molecular complexity index is 1120. The molecule has 194 valence electrons. The first-order valence-electron chi connectivity index (χ1n) is 12.8. The van der Waals surface area contributed by atoms with Crippen LogP contribution >= 0.6 is 15.9 Å². The van der Waals surface area contributed by atoms with Crippen LogP contribution in [-0.4, -0.2) is 22.2 Å². The third-order valence-corrected chi connectivity index (χ3v) is 7.64. The lowest BCUT2D eigenvalue weighted by Crippen LogP contribution is -3.00. The summed E-state index contributed by atoms with van der Waals surface area (Å²) in [4.78, 5) is 12.5. The van der Waals surface area contributed by atoms with Gasteiger partial charge in [-0.1, -0.05) is 71.9 Å². The SMILES string of the molecule is Cc1n(CCCOC(=O)Cc2cccc(C3CCCCCC3)c2O)cc[n+]1Cc1ccc(Br)cc1.[Br-]. The first-order valence-corrected chi connectivity index (χ1v) is 13.6. The monoisotopic (exact) mass is 618 g/mol. The van der Waals surface area contributed by atoms with Crippen molar-refractivity contribution in [3.63, 3.8) is 0 Å². The maximum absolute atomic E-state index is 12.5. The zero-order valence-electron chi connectivity index (χ0n) is 21.0. The molecule has 1 aliphatic carbocycles. The molecule has 3 aromatic rings. The van der Waals surface area contributed by atoms with Gasteiger partial charge in [-0.05, 0) is 42.0 Å². The Morgan fingerprint density at radius 2 is 1.83 bits per heavy atom. The standard InChI is InChI=1S/C29H35BrN2O3.BrH/c1-22-31(17-18-32(22)21-23-12-14-26(30)15-13-23)16-7-19-35-28(33)20-25-10-6-11-27(29(25)34)24-8-4-2-3-5-9-24;/h6,10-15,17-18,24H,2-5,7-9,16,19-21H2,1H3;1H. The molecule has 1 N–H and O–H groups in total. The third kappa shape index (κ3) is 7.69. The molecule has 0 bridgehead atoms. The van der Waals surface area contributed by atoms with E-state index in [4.69, 9.17) is 4.74 Å². The van der Waals surface area contributed by atoms with Crippen molar-refractivity contribution in [3.8, 4) is 5.75 Å². The summed E-state index contributed by atoms with van der Waals surface area (Å²) in [6.07, 6.45) is 12.2. The van der Waals surface area contributed by atoms with Gasteiger partial charge in [-0.2, -0.15) is 0 Å². The van der Waals surface area contributed by atoms with Gasteiger partial charge in [0.25, 0.3) is 5.82 Å². The van der Waals surface area contributed by atoms with E-state index in [1.54, 1.807) is 0 Å². The van der Waals surface area contributed by atoms with Crippen molar-refractivity contribution in [1.29, 1.82) is 0 Å². The second-order valence-electron chi connectivity index (χ2n) is 9.59. The summed E-state index contributed by atoms with van der Waals surface area (Å²) in [6, 6.07) is 14.2. The second-order valence-corrected chi connectivity index (χ2v) is 10.5. The fourth-order valence-electron chi connectivity index (χ4n) is 5.03. The zero-order chi connectivity index (χ0) is 24.6. The quantitative estimate of drug-likeness (QED) is 0.173. The summed E-state index contributed by atoms with van der Waals surface area (Å²) in [5, 5.41) is 10.8. The van der Waals surface area contributed by atoms with Gasteiger partial charge in [0.15, 0.2) is 0 Å². The topological polar surface area (TPSA) is 55.3 Å². The number of carbonyl (C=O) groups excluding carboxylic acids is 1. The molecule has 0 atom stereocenters. The minimum atomic E-state index is -0.284. The van der Waals surface area contributed by atoms with E-state index >= 15 is 0 Å². The van der Waals surface area contributed by atoms with E-state index in [1.165, 1.54) is 37.1 Å². The number of nitrogens with zero attached hydrogens (tertiary/aromatic N) is 2. The molecule has 0 unspecified atom stereocenters. The molecule has 7 heteroatoms. The van der Waals surface area contributed by atoms with Crippen LogP contribution in [0.3, 0.4) is 0 Å². The Hall–Kier alpha value is -2.12. The number of aryl methyl sites for hydroxylation is 1. The van der Waals surface area contributed by atoms with E-state index in [2.05, 4.69) is 68.6 Å². The molecule has 0 saturated heterocycles. The Labute approximate surface area is 233 Å². The van der Waals surface area contributed by atoms with Crippen molar-refractivity contribution in [2.45, 2.75) is 77.3 Å². The summed E-state index contributed by atoms with van der Waals surface area (Å²) in [7, 11) is 0. The van der Waals surface area contributed by atoms with E-state index in [1.807, 2.05) is 18.2 Å². The highest BCUT2D eigenvalue weighted by Crippen LogP contribution is 2.37. The fraction of sp³-hybridized carbons (Fsp3) is 0.448. The summed E-state index contributed by atoms with van der Waals surface area (Å²) in [6.45, 7) is 4.08. The van der Waals surface area contributed by atoms with Crippen molar-refractivity contribution >= 4 is 21.9 Å². The third-order valence-electron chi connectivity index (χ3n) is 7.11. The van der Waals surface area contributed by atoms with Crippen LogP contribution in [-0.2, 0) is 29.0 Å². The highest BCUT2D eigenvalue weighted by atomic mass is 79.9. The molecule has 0 amide bonds. The highest BCUT2D eigenvalue weighted by molar-refractivity contribution is 9.10. The molecule has 0 radical (unpaired) electrons. The van der Waals surface area contributed by atoms with E-state index in [9.17, 15) is 9.90 Å². The highest BCUT2D eigenvalue weighted by Gasteiger charge is 2.20. The number of hydrogen-bond donors (Lipinski definition) is 1. The van der Waals surface area contributed by atoms with Crippen LogP contribution < -0.4 is 21.5 Å². The van der Waals surface area contributed by atoms with Crippen LogP contribution in [0, 0.1) is 6.92 Å². The number of carbonyl (C=O) groups is 1. The largest absolute Gasteiger partial charge is 1.00 e. The van der Waals surface area contributed by atoms with E-state index in [0.717, 1.165) is 42.4 Å². The summed E-state index contributed by atoms with van der Waals surface area (Å²) in [5.74, 6) is 1.56. The zero-order valence-corrected chi connectivity index (χ0v) is 24.1. The normalized spacial score (nSPS) is 14.2. The molecule has 36 heavy (non-hydrogen) atoms. The lowest BCUT2D eigenvalue weighted by atomic mass is 9.89. The van der Waals surface area contributed by atoms with Gasteiger partial charge < -0.3 is 26.8 Å². The summed E-state index contributed by atoms with van der Waals surface area (Å²) < 4.78 is 11.0. The number of aromatic nitrogens is 2. The molecule has 1 heterocycles. The van der Waals surface area contributed by atoms with Crippen LogP contribution in [0.2, 0.25) is 0 Å². The number of rotatable bonds is 9. The van der Waals surface area contributed by atoms with Crippen LogP contribution in [0.1, 0.15) is 73.4 Å². The smallest absolute Gasteiger partial charge is 0.310 e. The number of phenolic OH excluding ortho intramolecular Hbond substituents is 1. The molecular formula is C29H36Br2N2O3. The first kappa shape index (κ1) is 28.5. The number of aromatic hydroxyl groups is 1. The number of imidazole rings is 1. The number of benzene rings is 2. The number of halogens is 2. The van der Waals surface area contributed by atoms with Crippen molar-refractivity contribution in [2.75, 3.05) is 6.61 Å². The molecule has 1 fully saturated rings. The Kier molecular flexibility index (Phi) is 11.1. The molecule has 5 nitrogen and oxygen atoms in total. The second kappa shape index (κ2) is 14.0. The van der Waals surface area contributed by atoms with E-state index in [0.29, 0.717) is 18.1 Å². The minimum Gasteiger partial charge on any atom is -1.00 e. The number of ether oxygens (including phenoxy) is 1. The van der Waals surface area contributed by atoms with Crippen LogP contribution in [0.5, 0.6) is 5.75 Å². The Morgan fingerprint density at radius 3 is 2.56 bits per heavy atom. The van der Waals surface area contributed by atoms with Gasteiger partial charge in [0, 0.05) is 23.4 Å². The number of esters is 1. The molecule has 4 rings (SSSR count). The first-order chi connectivity index (χ1) is 17.0. The molecule has 2 aromatic carbocycles. The summed E-state index contributed by atoms with van der Waals surface area (Å²) >= 11 is 3.48. The molecule has 1 aliphatic rings. The van der Waals surface area contributed by atoms with Gasteiger partial charge in [0.05, 0.1) is 19.6 Å². The minimum absolute atomic E-state index is 0. The molecule has 0 aliphatic heterocycles. The average molecular weight is 620 g/mol. The van der Waals surface area contributed by atoms with Gasteiger partial charge in [0.1, 0.15) is 24.7 Å². The van der Waals surface area contributed by atoms with Crippen molar-refractivity contribution in [2.24, 2.45) is 0 Å². The van der Waals surface area contributed by atoms with E-state index in [-0.39, 0.29) is 35.1 Å². The van der Waals surface area contributed by atoms with Gasteiger partial charge in [-0.25, -0.2) is 9.13 Å². The molecule has 1 aromatic heterocycles. The van der Waals surface area contributed by atoms with Gasteiger partial charge in [-0.15, -0.1) is 0 Å². The Morgan fingerprint density at radius 1 is 1.11 bits per heavy atom. The fourth-order valence-corrected chi connectivity index (χ4v) is 5.30. The summed E-state index contributed by atoms with van der Waals surface area (Å²) in [5.41, 5.74) is 2.92. The molecule has 0 spiro atoms. The predicted molar refractivity (Wildman–Crippen MR) is 140 cm³/mol.